The summed E-state index contributed by atoms with van der Waals surface area (Å²) in [4.78, 5) is 58.7. The fraction of sp³-hybridized carbons (Fsp3) is 0.635. The fourth-order valence-corrected chi connectivity index (χ4v) is 11.5. The Hall–Kier alpha value is -5.09. The highest BCUT2D eigenvalue weighted by atomic mass is 31.2. The molecule has 16 nitrogen and oxygen atoms in total. The van der Waals surface area contributed by atoms with Crippen molar-refractivity contribution in [2.45, 2.75) is 309 Å². The summed E-state index contributed by atoms with van der Waals surface area (Å²) in [5.41, 5.74) is 0. The number of phosphoric acid groups is 2. The largest absolute Gasteiger partial charge is 0.472 e. The zero-order valence-electron chi connectivity index (χ0n) is 63.9. The molecule has 4 N–H and O–H groups in total. The normalized spacial score (nSPS) is 14.9. The maximum absolute atomic E-state index is 13.0. The van der Waals surface area contributed by atoms with Gasteiger partial charge in [-0.2, -0.15) is 0 Å². The number of rotatable bonds is 73. The van der Waals surface area contributed by atoms with Crippen molar-refractivity contribution in [1.82, 2.24) is 0 Å². The van der Waals surface area contributed by atoms with E-state index in [9.17, 15) is 43.5 Å². The maximum atomic E-state index is 13.0. The summed E-state index contributed by atoms with van der Waals surface area (Å²) in [6.45, 7) is 2.42. The third-order valence-corrected chi connectivity index (χ3v) is 17.8. The Kier molecular flexibility index (Phi) is 72.8. The molecule has 0 aromatic carbocycles. The molecule has 586 valence electrons. The van der Waals surface area contributed by atoms with Crippen molar-refractivity contribution < 1.29 is 75.8 Å². The molecule has 0 heterocycles. The van der Waals surface area contributed by atoms with Crippen LogP contribution in [0.4, 0.5) is 0 Å². The van der Waals surface area contributed by atoms with Gasteiger partial charge in [-0.1, -0.05) is 281 Å². The Morgan fingerprint density at radius 3 is 0.835 bits per heavy atom. The molecule has 0 amide bonds. The van der Waals surface area contributed by atoms with E-state index in [-0.39, 0.29) is 19.3 Å². The van der Waals surface area contributed by atoms with Gasteiger partial charge in [-0.3, -0.25) is 32.5 Å². The lowest BCUT2D eigenvalue weighted by Gasteiger charge is -2.21. The summed E-state index contributed by atoms with van der Waals surface area (Å²) in [6.07, 6.45) is 96.7. The fourth-order valence-electron chi connectivity index (χ4n) is 9.89. The molecule has 0 bridgehead atoms. The van der Waals surface area contributed by atoms with E-state index in [2.05, 4.69) is 191 Å². The van der Waals surface area contributed by atoms with Crippen LogP contribution in [0.3, 0.4) is 0 Å². The number of ether oxygens (including phenoxy) is 3. The second-order valence-corrected chi connectivity index (χ2v) is 28.7. The minimum atomic E-state index is -4.96. The minimum absolute atomic E-state index is 0.0666. The van der Waals surface area contributed by atoms with Crippen molar-refractivity contribution in [3.05, 3.63) is 170 Å². The maximum Gasteiger partial charge on any atom is 0.472 e. The number of hydrogen-bond donors (Lipinski definition) is 4. The molecule has 0 rings (SSSR count). The lowest BCUT2D eigenvalue weighted by molar-refractivity contribution is -0.161. The van der Waals surface area contributed by atoms with E-state index in [1.54, 1.807) is 0 Å². The third kappa shape index (κ3) is 77.8. The van der Waals surface area contributed by atoms with Crippen LogP contribution in [0, 0.1) is 0 Å². The molecule has 0 aliphatic carbocycles. The summed E-state index contributed by atoms with van der Waals surface area (Å²) in [5, 5.41) is 20.6. The molecule has 0 fully saturated rings. The number of aliphatic hydroxyl groups is 2. The predicted molar refractivity (Wildman–Crippen MR) is 426 cm³/mol. The number of hydrogen-bond acceptors (Lipinski definition) is 14. The highest BCUT2D eigenvalue weighted by molar-refractivity contribution is 7.47. The predicted octanol–water partition coefficient (Wildman–Crippen LogP) is 23.2. The minimum Gasteiger partial charge on any atom is -0.463 e. The third-order valence-electron chi connectivity index (χ3n) is 15.9. The number of phosphoric ester groups is 2. The molecule has 0 aliphatic rings. The quantitative estimate of drug-likeness (QED) is 0.0146. The second kappa shape index (κ2) is 76.6. The van der Waals surface area contributed by atoms with E-state index in [0.717, 1.165) is 161 Å². The van der Waals surface area contributed by atoms with Crippen molar-refractivity contribution in [2.75, 3.05) is 39.6 Å². The smallest absolute Gasteiger partial charge is 0.463 e. The van der Waals surface area contributed by atoms with Crippen molar-refractivity contribution in [3.63, 3.8) is 0 Å². The van der Waals surface area contributed by atoms with Gasteiger partial charge in [0.2, 0.25) is 0 Å². The molecule has 18 heteroatoms. The lowest BCUT2D eigenvalue weighted by Crippen LogP contribution is -2.30. The number of carbonyl (C=O) groups excluding carboxylic acids is 3. The summed E-state index contributed by atoms with van der Waals surface area (Å²) >= 11 is 0. The molecule has 5 unspecified atom stereocenters. The van der Waals surface area contributed by atoms with Crippen molar-refractivity contribution in [2.24, 2.45) is 0 Å². The van der Waals surface area contributed by atoms with Gasteiger partial charge in [0.1, 0.15) is 25.4 Å². The first-order chi connectivity index (χ1) is 50.2. The van der Waals surface area contributed by atoms with Crippen molar-refractivity contribution in [3.8, 4) is 0 Å². The number of carbonyl (C=O) groups is 3. The highest BCUT2D eigenvalue weighted by Gasteiger charge is 2.29. The molecule has 0 aliphatic heterocycles. The first kappa shape index (κ1) is 97.9. The van der Waals surface area contributed by atoms with Crippen molar-refractivity contribution in [1.29, 1.82) is 0 Å². The molecule has 0 spiro atoms. The van der Waals surface area contributed by atoms with Crippen LogP contribution in [0.15, 0.2) is 170 Å². The van der Waals surface area contributed by atoms with Gasteiger partial charge in [0.05, 0.1) is 26.4 Å². The Bertz CT molecular complexity index is 2550. The van der Waals surface area contributed by atoms with Gasteiger partial charge in [-0.15, -0.1) is 0 Å². The van der Waals surface area contributed by atoms with E-state index in [1.165, 1.54) is 70.6 Å². The van der Waals surface area contributed by atoms with Gasteiger partial charge in [-0.25, -0.2) is 9.13 Å². The Labute approximate surface area is 624 Å². The first-order valence-electron chi connectivity index (χ1n) is 39.4. The zero-order chi connectivity index (χ0) is 75.2. The van der Waals surface area contributed by atoms with Crippen LogP contribution in [0.5, 0.6) is 0 Å². The van der Waals surface area contributed by atoms with Crippen LogP contribution in [0.1, 0.15) is 290 Å². The van der Waals surface area contributed by atoms with E-state index < -0.39 is 91.5 Å². The van der Waals surface area contributed by atoms with Gasteiger partial charge < -0.3 is 34.2 Å². The Balaban J connectivity index is 4.75. The van der Waals surface area contributed by atoms with Crippen LogP contribution >= 0.6 is 15.6 Å². The Morgan fingerprint density at radius 1 is 0.282 bits per heavy atom. The molecular weight excluding hydrogens is 1340 g/mol. The van der Waals surface area contributed by atoms with Crippen LogP contribution in [0.25, 0.3) is 0 Å². The molecule has 0 aromatic rings. The molecular formula is C85H140O16P2. The van der Waals surface area contributed by atoms with Crippen LogP contribution < -0.4 is 0 Å². The average molecular weight is 1480 g/mol. The highest BCUT2D eigenvalue weighted by Crippen LogP contribution is 2.45. The summed E-state index contributed by atoms with van der Waals surface area (Å²) in [5.74, 6) is -1.66. The number of allylic oxidation sites excluding steroid dienone is 28. The average Bonchev–Trinajstić information content (AvgIpc) is 0.935. The molecule has 0 saturated carbocycles. The summed E-state index contributed by atoms with van der Waals surface area (Å²) in [7, 11) is -9.83. The van der Waals surface area contributed by atoms with E-state index in [1.807, 2.05) is 0 Å². The van der Waals surface area contributed by atoms with Gasteiger partial charge in [0.25, 0.3) is 0 Å². The molecule has 0 aromatic heterocycles. The van der Waals surface area contributed by atoms with Crippen molar-refractivity contribution >= 4 is 33.6 Å². The lowest BCUT2D eigenvalue weighted by atomic mass is 10.1. The zero-order valence-corrected chi connectivity index (χ0v) is 65.7. The summed E-state index contributed by atoms with van der Waals surface area (Å²) < 4.78 is 61.1. The number of aliphatic hydroxyl groups excluding tert-OH is 2. The van der Waals surface area contributed by atoms with E-state index in [0.29, 0.717) is 19.3 Å². The van der Waals surface area contributed by atoms with Gasteiger partial charge >= 0.3 is 33.6 Å². The second-order valence-electron chi connectivity index (χ2n) is 25.8. The molecule has 5 atom stereocenters. The molecule has 103 heavy (non-hydrogen) atoms. The van der Waals surface area contributed by atoms with Crippen LogP contribution in [-0.2, 0) is 55.8 Å². The van der Waals surface area contributed by atoms with Gasteiger partial charge in [0.15, 0.2) is 6.10 Å². The molecule has 0 saturated heterocycles. The number of unbranched alkanes of at least 4 members (excludes halogenated alkanes) is 22. The van der Waals surface area contributed by atoms with E-state index >= 15 is 0 Å². The summed E-state index contributed by atoms with van der Waals surface area (Å²) in [6, 6.07) is 0. The monoisotopic (exact) mass is 1480 g/mol. The standard InChI is InChI=1S/C85H140O16P2/c1-4-7-10-13-16-19-22-25-28-31-34-37-38-39-40-43-45-47-50-53-56-59-62-65-68-71-83(88)95-74-80(86)75-97-102(91,92)98-76-81(87)77-99-103(93,94)100-79-82(101-85(90)73-70-67-64-61-58-55-52-49-46-42-36-33-30-27-24-21-18-15-12-9-6-3)78-96-84(89)72-69-66-63-60-57-54-51-48-44-41-35-32-29-26-23-20-17-14-11-8-5-2/h8,11,16-21,25-30,34-37,39-42,48-49,51-52,57,60,80-82,86-87H,4-7,9-10,12-15,22-24,31-33,38,43-47,50,53-56,58-59,61-79H2,1-3H3,(H,91,92)(H,93,94)/b11-8-,19-16-,20-17-,21-18-,28-25-,29-26-,30-27-,37-34-,40-39-,41-35-,42-36-,51-48-,52-49-,60-57-. The van der Waals surface area contributed by atoms with E-state index in [4.69, 9.17) is 32.3 Å². The number of esters is 3. The van der Waals surface area contributed by atoms with Crippen LogP contribution in [-0.4, -0.2) is 95.9 Å². The SMILES string of the molecule is CC/C=C\C/C=C\C/C=C\C/C=C\C/C=C\C/C=C\CCCCC(=O)OCC(COP(=O)(O)OCC(O)COP(=O)(O)OCC(O)COC(=O)CCCCCCCCCCC/C=C\C/C=C\C/C=C\C/C=C\CCCCC)OC(=O)CCCCCCC/C=C\C/C=C\C/C=C\C/C=C\CCCCC. The Morgan fingerprint density at radius 2 is 0.515 bits per heavy atom. The van der Waals surface area contributed by atoms with Gasteiger partial charge in [0, 0.05) is 19.3 Å². The first-order valence-corrected chi connectivity index (χ1v) is 42.4. The topological polar surface area (TPSA) is 231 Å². The van der Waals surface area contributed by atoms with Crippen LogP contribution in [0.2, 0.25) is 0 Å². The molecule has 0 radical (unpaired) electrons. The van der Waals surface area contributed by atoms with Gasteiger partial charge in [-0.05, 0) is 161 Å².